The van der Waals surface area contributed by atoms with E-state index in [4.69, 9.17) is 28.9 Å². The molecule has 18 heteroatoms. The topological polar surface area (TPSA) is 184 Å². The molecule has 4 aliphatic heterocycles. The number of hydrogen-bond acceptors (Lipinski definition) is 16. The van der Waals surface area contributed by atoms with Gasteiger partial charge < -0.3 is 39.4 Å². The van der Waals surface area contributed by atoms with Crippen molar-refractivity contribution in [2.24, 2.45) is 9.98 Å². The second-order valence-electron chi connectivity index (χ2n) is 13.8. The number of fused-ring (bicyclic) bond motifs is 2. The minimum absolute atomic E-state index is 0.275. The van der Waals surface area contributed by atoms with Crippen LogP contribution >= 0.6 is 0 Å². The van der Waals surface area contributed by atoms with Gasteiger partial charge in [0.25, 0.3) is 0 Å². The molecular weight excluding hydrogens is 745 g/mol. The summed E-state index contributed by atoms with van der Waals surface area (Å²) in [4.78, 5) is 62.3. The minimum Gasteiger partial charge on any atom is -0.445 e. The van der Waals surface area contributed by atoms with Crippen LogP contribution in [0.2, 0.25) is 0 Å². The van der Waals surface area contributed by atoms with Gasteiger partial charge in [-0.25, -0.2) is 39.5 Å². The average Bonchev–Trinajstić information content (AvgIpc) is 3.26. The number of hydrogen-bond donors (Lipinski definition) is 2. The van der Waals surface area contributed by atoms with Gasteiger partial charge in [0.15, 0.2) is 11.7 Å². The first-order valence-electron chi connectivity index (χ1n) is 19.2. The first kappa shape index (κ1) is 38.2. The molecule has 300 valence electrons. The summed E-state index contributed by atoms with van der Waals surface area (Å²) in [5.41, 5.74) is 1.37. The summed E-state index contributed by atoms with van der Waals surface area (Å²) in [6.07, 6.45) is 5.95. The Morgan fingerprint density at radius 2 is 1.00 bits per heavy atom. The third-order valence-electron chi connectivity index (χ3n) is 10.0. The standard InChI is InChI=1S/C40H44N12O6/c1-27(49-19-23-51(24-20-49)39-41-15-7-16-42-39)45-35-37(55-31-11-5-3-9-29(31)47-35)57-33(53)13-14-34(54)58-38-36(48-30-10-4-6-12-32(30)56-38)46-28(2)50-21-25-52(26-22-50)40-43-17-8-18-44-40/h3-18,27-28,37-38H,19-26H2,1-2H3,(H,45,47)(H,46,48)/b14-13+. The molecule has 0 saturated carbocycles. The first-order valence-corrected chi connectivity index (χ1v) is 19.2. The van der Waals surface area contributed by atoms with E-state index in [0.717, 1.165) is 64.5 Å². The second-order valence-corrected chi connectivity index (χ2v) is 13.8. The largest absolute Gasteiger partial charge is 0.445 e. The van der Waals surface area contributed by atoms with E-state index in [1.54, 1.807) is 49.1 Å². The number of anilines is 4. The summed E-state index contributed by atoms with van der Waals surface area (Å²) in [5.74, 6) is 1.32. The highest BCUT2D eigenvalue weighted by atomic mass is 16.7. The van der Waals surface area contributed by atoms with Gasteiger partial charge in [0, 0.05) is 89.3 Å². The molecule has 4 aromatic rings. The molecule has 8 rings (SSSR count). The summed E-state index contributed by atoms with van der Waals surface area (Å²) >= 11 is 0. The van der Waals surface area contributed by atoms with Crippen molar-refractivity contribution in [3.63, 3.8) is 0 Å². The van der Waals surface area contributed by atoms with Crippen molar-refractivity contribution in [1.82, 2.24) is 29.7 Å². The van der Waals surface area contributed by atoms with Gasteiger partial charge in [-0.15, -0.1) is 0 Å². The lowest BCUT2D eigenvalue weighted by atomic mass is 10.2. The van der Waals surface area contributed by atoms with Gasteiger partial charge in [0.1, 0.15) is 23.8 Å². The highest BCUT2D eigenvalue weighted by Gasteiger charge is 2.33. The number of aliphatic imine (C=N–C) groups is 2. The van der Waals surface area contributed by atoms with E-state index >= 15 is 0 Å². The lowest BCUT2D eigenvalue weighted by molar-refractivity contribution is -0.152. The molecule has 2 saturated heterocycles. The van der Waals surface area contributed by atoms with E-state index in [0.29, 0.717) is 46.4 Å². The van der Waals surface area contributed by atoms with E-state index in [1.807, 2.05) is 50.2 Å². The van der Waals surface area contributed by atoms with Crippen LogP contribution in [0.3, 0.4) is 0 Å². The van der Waals surface area contributed by atoms with Crippen molar-refractivity contribution < 1.29 is 28.5 Å². The van der Waals surface area contributed by atoms with Crippen molar-refractivity contribution in [3.05, 3.63) is 97.6 Å². The van der Waals surface area contributed by atoms with Crippen LogP contribution in [-0.4, -0.2) is 131 Å². The summed E-state index contributed by atoms with van der Waals surface area (Å²) in [6.45, 7) is 9.76. The molecule has 4 unspecified atom stereocenters. The molecule has 2 fully saturated rings. The van der Waals surface area contributed by atoms with Crippen LogP contribution in [0.25, 0.3) is 0 Å². The zero-order chi connectivity index (χ0) is 39.8. The first-order chi connectivity index (χ1) is 28.4. The predicted molar refractivity (Wildman–Crippen MR) is 216 cm³/mol. The van der Waals surface area contributed by atoms with Gasteiger partial charge in [0.05, 0.1) is 11.4 Å². The Balaban J connectivity index is 0.904. The zero-order valence-corrected chi connectivity index (χ0v) is 32.1. The number of esters is 2. The molecule has 0 bridgehead atoms. The van der Waals surface area contributed by atoms with Crippen LogP contribution in [0.5, 0.6) is 11.5 Å². The van der Waals surface area contributed by atoms with Crippen molar-refractivity contribution in [2.45, 2.75) is 38.8 Å². The fourth-order valence-electron chi connectivity index (χ4n) is 6.92. The maximum atomic E-state index is 13.2. The molecular formula is C40H44N12O6. The van der Waals surface area contributed by atoms with Gasteiger partial charge >= 0.3 is 24.5 Å². The van der Waals surface area contributed by atoms with Gasteiger partial charge in [-0.3, -0.25) is 9.80 Å². The number of carbonyl (C=O) groups excluding carboxylic acids is 2. The number of carbonyl (C=O) groups is 2. The number of nitrogens with zero attached hydrogens (tertiary/aromatic N) is 10. The number of nitrogens with one attached hydrogen (secondary N) is 2. The van der Waals surface area contributed by atoms with Crippen molar-refractivity contribution in [3.8, 4) is 11.5 Å². The lowest BCUT2D eigenvalue weighted by Gasteiger charge is -2.37. The van der Waals surface area contributed by atoms with Crippen LogP contribution in [0, 0.1) is 0 Å². The lowest BCUT2D eigenvalue weighted by Crippen LogP contribution is -2.50. The number of ether oxygens (including phenoxy) is 4. The smallest absolute Gasteiger partial charge is 0.334 e. The third kappa shape index (κ3) is 9.14. The molecule has 0 aliphatic carbocycles. The second kappa shape index (κ2) is 17.6. The molecule has 2 N–H and O–H groups in total. The number of piperazine rings is 2. The monoisotopic (exact) mass is 788 g/mol. The fourth-order valence-corrected chi connectivity index (χ4v) is 6.92. The van der Waals surface area contributed by atoms with Crippen molar-refractivity contribution >= 4 is 46.9 Å². The number of benzene rings is 2. The van der Waals surface area contributed by atoms with Crippen LogP contribution in [0.4, 0.5) is 23.3 Å². The maximum Gasteiger partial charge on any atom is 0.334 e. The van der Waals surface area contributed by atoms with Crippen LogP contribution in [0.15, 0.2) is 108 Å². The number of rotatable bonds is 10. The van der Waals surface area contributed by atoms with Gasteiger partial charge in [-0.05, 0) is 50.2 Å². The number of aromatic nitrogens is 4. The highest BCUT2D eigenvalue weighted by Crippen LogP contribution is 2.31. The van der Waals surface area contributed by atoms with Crippen molar-refractivity contribution in [2.75, 3.05) is 72.8 Å². The SMILES string of the molecule is CC(N=C1Nc2ccccc2OC1OC(=O)/C=C/C(=O)OC1Oc2ccccc2NC1=NC(C)N1CCN(c2ncccn2)CC1)N1CCN(c2ncccn2)CC1. The minimum atomic E-state index is -1.20. The summed E-state index contributed by atoms with van der Waals surface area (Å²) in [6, 6.07) is 18.2. The molecule has 4 aliphatic rings. The number of amidine groups is 2. The van der Waals surface area contributed by atoms with Crippen molar-refractivity contribution in [1.29, 1.82) is 0 Å². The third-order valence-corrected chi connectivity index (χ3v) is 10.0. The molecule has 0 spiro atoms. The van der Waals surface area contributed by atoms with Gasteiger partial charge in [-0.1, -0.05) is 24.3 Å². The van der Waals surface area contributed by atoms with Crippen LogP contribution in [-0.2, 0) is 19.1 Å². The summed E-state index contributed by atoms with van der Waals surface area (Å²) in [7, 11) is 0. The highest BCUT2D eigenvalue weighted by molar-refractivity contribution is 6.04. The average molecular weight is 789 g/mol. The van der Waals surface area contributed by atoms with E-state index in [-0.39, 0.29) is 12.3 Å². The Morgan fingerprint density at radius 3 is 1.40 bits per heavy atom. The molecule has 0 radical (unpaired) electrons. The molecule has 2 aromatic carbocycles. The van der Waals surface area contributed by atoms with E-state index in [2.05, 4.69) is 50.2 Å². The van der Waals surface area contributed by atoms with Crippen LogP contribution in [0.1, 0.15) is 13.8 Å². The molecule has 58 heavy (non-hydrogen) atoms. The molecule has 18 nitrogen and oxygen atoms in total. The molecule has 2 aromatic heterocycles. The normalized spacial score (nSPS) is 22.1. The Hall–Kier alpha value is -6.66. The quantitative estimate of drug-likeness (QED) is 0.176. The predicted octanol–water partition coefficient (Wildman–Crippen LogP) is 3.00. The van der Waals surface area contributed by atoms with Crippen LogP contribution < -0.4 is 29.9 Å². The van der Waals surface area contributed by atoms with E-state index in [1.165, 1.54) is 0 Å². The summed E-state index contributed by atoms with van der Waals surface area (Å²) < 4.78 is 23.6. The molecule has 4 atom stereocenters. The maximum absolute atomic E-state index is 13.2. The van der Waals surface area contributed by atoms with Gasteiger partial charge in [-0.2, -0.15) is 0 Å². The molecule has 0 amide bonds. The van der Waals surface area contributed by atoms with E-state index in [9.17, 15) is 9.59 Å². The number of para-hydroxylation sites is 4. The Labute approximate surface area is 335 Å². The van der Waals surface area contributed by atoms with E-state index < -0.39 is 24.5 Å². The Bertz CT molecular complexity index is 1990. The zero-order valence-electron chi connectivity index (χ0n) is 32.1. The Morgan fingerprint density at radius 1 is 0.621 bits per heavy atom. The Kier molecular flexibility index (Phi) is 11.6. The summed E-state index contributed by atoms with van der Waals surface area (Å²) in [5, 5.41) is 6.53. The van der Waals surface area contributed by atoms with Gasteiger partial charge in [0.2, 0.25) is 11.9 Å². The molecule has 6 heterocycles. The fraction of sp³-hybridized carbons (Fsp3) is 0.350.